The first-order chi connectivity index (χ1) is 9.34. The molecule has 1 atom stereocenters. The molecule has 106 valence electrons. The highest BCUT2D eigenvalue weighted by molar-refractivity contribution is 5.30. The van der Waals surface area contributed by atoms with Crippen LogP contribution in [-0.4, -0.2) is 36.3 Å². The maximum Gasteiger partial charge on any atom is 0.266 e. The first-order valence-electron chi connectivity index (χ1n) is 7.64. The van der Waals surface area contributed by atoms with Crippen LogP contribution < -0.4 is 10.2 Å². The molecule has 0 aromatic carbocycles. The van der Waals surface area contributed by atoms with E-state index in [9.17, 15) is 0 Å². The lowest BCUT2D eigenvalue weighted by Gasteiger charge is -2.34. The van der Waals surface area contributed by atoms with Crippen LogP contribution in [0.1, 0.15) is 51.3 Å². The van der Waals surface area contributed by atoms with Crippen LogP contribution in [0.4, 0.5) is 5.95 Å². The lowest BCUT2D eigenvalue weighted by Crippen LogP contribution is -2.43. The molecule has 0 aliphatic carbocycles. The van der Waals surface area contributed by atoms with Crippen LogP contribution in [0.2, 0.25) is 0 Å². The minimum Gasteiger partial charge on any atom is -0.338 e. The Hall–Kier alpha value is -1.10. The van der Waals surface area contributed by atoms with E-state index >= 15 is 0 Å². The maximum atomic E-state index is 5.63. The van der Waals surface area contributed by atoms with Crippen molar-refractivity contribution in [3.63, 3.8) is 0 Å². The highest BCUT2D eigenvalue weighted by Crippen LogP contribution is 2.35. The fourth-order valence-electron chi connectivity index (χ4n) is 3.43. The largest absolute Gasteiger partial charge is 0.338 e. The summed E-state index contributed by atoms with van der Waals surface area (Å²) in [6.07, 6.45) is 7.12. The summed E-state index contributed by atoms with van der Waals surface area (Å²) >= 11 is 0. The quantitative estimate of drug-likeness (QED) is 0.902. The third kappa shape index (κ3) is 2.48. The van der Waals surface area contributed by atoms with Gasteiger partial charge in [0.15, 0.2) is 0 Å². The normalized spacial score (nSPS) is 27.9. The van der Waals surface area contributed by atoms with Crippen LogP contribution in [0.25, 0.3) is 0 Å². The Morgan fingerprint density at radius 2 is 2.16 bits per heavy atom. The van der Waals surface area contributed by atoms with Crippen molar-refractivity contribution in [3.05, 3.63) is 5.89 Å². The molecule has 19 heavy (non-hydrogen) atoms. The van der Waals surface area contributed by atoms with E-state index in [4.69, 9.17) is 9.51 Å². The van der Waals surface area contributed by atoms with Gasteiger partial charge in [0.2, 0.25) is 5.89 Å². The molecule has 2 aliphatic rings. The molecule has 1 unspecified atom stereocenters. The number of aromatic nitrogens is 2. The average Bonchev–Trinajstić information content (AvgIpc) is 3.11. The Labute approximate surface area is 114 Å². The molecule has 1 aromatic rings. The van der Waals surface area contributed by atoms with Crippen molar-refractivity contribution < 1.29 is 4.52 Å². The average molecular weight is 264 g/mol. The molecule has 5 heteroatoms. The second-order valence-corrected chi connectivity index (χ2v) is 5.90. The van der Waals surface area contributed by atoms with Gasteiger partial charge in [-0.2, -0.15) is 4.98 Å². The molecule has 2 saturated heterocycles. The predicted octanol–water partition coefficient (Wildman–Crippen LogP) is 2.09. The fourth-order valence-corrected chi connectivity index (χ4v) is 3.43. The highest BCUT2D eigenvalue weighted by atomic mass is 16.5. The molecule has 3 heterocycles. The Morgan fingerprint density at radius 1 is 1.32 bits per heavy atom. The van der Waals surface area contributed by atoms with Gasteiger partial charge in [-0.15, -0.1) is 0 Å². The third-order valence-corrected chi connectivity index (χ3v) is 4.46. The Balaban J connectivity index is 1.81. The van der Waals surface area contributed by atoms with Crippen molar-refractivity contribution in [1.82, 2.24) is 15.5 Å². The van der Waals surface area contributed by atoms with Crippen molar-refractivity contribution >= 4 is 5.95 Å². The Bertz CT molecular complexity index is 400. The molecule has 2 fully saturated rings. The van der Waals surface area contributed by atoms with Crippen molar-refractivity contribution in [1.29, 1.82) is 0 Å². The minimum absolute atomic E-state index is 0.0674. The van der Waals surface area contributed by atoms with Gasteiger partial charge in [0, 0.05) is 19.6 Å². The first-order valence-corrected chi connectivity index (χ1v) is 7.64. The van der Waals surface area contributed by atoms with Crippen LogP contribution in [0, 0.1) is 0 Å². The minimum atomic E-state index is 0.0674. The van der Waals surface area contributed by atoms with E-state index in [-0.39, 0.29) is 5.41 Å². The van der Waals surface area contributed by atoms with E-state index in [1.807, 2.05) is 0 Å². The lowest BCUT2D eigenvalue weighted by atomic mass is 9.77. The molecule has 0 saturated carbocycles. The number of piperidine rings is 1. The van der Waals surface area contributed by atoms with E-state index in [1.165, 1.54) is 19.3 Å². The zero-order valence-electron chi connectivity index (χ0n) is 11.8. The lowest BCUT2D eigenvalue weighted by molar-refractivity contribution is 0.213. The molecule has 0 radical (unpaired) electrons. The fraction of sp³-hybridized carbons (Fsp3) is 0.857. The zero-order valence-corrected chi connectivity index (χ0v) is 11.8. The van der Waals surface area contributed by atoms with E-state index in [2.05, 4.69) is 22.3 Å². The van der Waals surface area contributed by atoms with Gasteiger partial charge in [-0.3, -0.25) is 0 Å². The van der Waals surface area contributed by atoms with Crippen LogP contribution >= 0.6 is 0 Å². The van der Waals surface area contributed by atoms with Crippen LogP contribution in [0.5, 0.6) is 0 Å². The van der Waals surface area contributed by atoms with Gasteiger partial charge in [-0.05, 0) is 43.8 Å². The summed E-state index contributed by atoms with van der Waals surface area (Å²) in [5, 5.41) is 7.71. The number of nitrogens with one attached hydrogen (secondary N) is 1. The second-order valence-electron chi connectivity index (χ2n) is 5.90. The van der Waals surface area contributed by atoms with Gasteiger partial charge in [-0.25, -0.2) is 0 Å². The molecular formula is C14H24N4O. The number of rotatable bonds is 4. The topological polar surface area (TPSA) is 54.2 Å². The zero-order chi connectivity index (χ0) is 13.1. The molecule has 1 aromatic heterocycles. The van der Waals surface area contributed by atoms with E-state index in [1.54, 1.807) is 0 Å². The predicted molar refractivity (Wildman–Crippen MR) is 74.4 cm³/mol. The van der Waals surface area contributed by atoms with Crippen molar-refractivity contribution in [2.45, 2.75) is 50.9 Å². The highest BCUT2D eigenvalue weighted by Gasteiger charge is 2.39. The van der Waals surface area contributed by atoms with Crippen LogP contribution in [0.15, 0.2) is 4.52 Å². The van der Waals surface area contributed by atoms with E-state index in [0.29, 0.717) is 0 Å². The van der Waals surface area contributed by atoms with Crippen LogP contribution in [0.3, 0.4) is 0 Å². The summed E-state index contributed by atoms with van der Waals surface area (Å²) in [4.78, 5) is 6.95. The van der Waals surface area contributed by atoms with Crippen LogP contribution in [-0.2, 0) is 5.41 Å². The second kappa shape index (κ2) is 5.49. The summed E-state index contributed by atoms with van der Waals surface area (Å²) in [6, 6.07) is 0. The molecular weight excluding hydrogens is 240 g/mol. The summed E-state index contributed by atoms with van der Waals surface area (Å²) in [5.41, 5.74) is 0.0674. The van der Waals surface area contributed by atoms with Crippen molar-refractivity contribution in [2.75, 3.05) is 31.1 Å². The van der Waals surface area contributed by atoms with Gasteiger partial charge in [0.05, 0.1) is 5.41 Å². The van der Waals surface area contributed by atoms with Gasteiger partial charge >= 0.3 is 0 Å². The van der Waals surface area contributed by atoms with Gasteiger partial charge in [0.25, 0.3) is 5.95 Å². The standard InChI is InChI=1S/C14H24N4O/c1-2-6-14(7-5-8-15-11-14)12-16-13(17-19-12)18-9-3-4-10-18/h15H,2-11H2,1H3. The van der Waals surface area contributed by atoms with E-state index < -0.39 is 0 Å². The molecule has 5 nitrogen and oxygen atoms in total. The summed E-state index contributed by atoms with van der Waals surface area (Å²) in [5.74, 6) is 1.65. The van der Waals surface area contributed by atoms with Gasteiger partial charge in [0.1, 0.15) is 0 Å². The van der Waals surface area contributed by atoms with Gasteiger partial charge < -0.3 is 14.7 Å². The Morgan fingerprint density at radius 3 is 2.84 bits per heavy atom. The molecule has 1 N–H and O–H groups in total. The SMILES string of the molecule is CCCC1(c2nc(N3CCCC3)no2)CCCNC1. The van der Waals surface area contributed by atoms with Crippen molar-refractivity contribution in [2.24, 2.45) is 0 Å². The maximum absolute atomic E-state index is 5.63. The number of nitrogens with zero attached hydrogens (tertiary/aromatic N) is 3. The van der Waals surface area contributed by atoms with E-state index in [0.717, 1.165) is 57.3 Å². The number of anilines is 1. The number of hydrogen-bond acceptors (Lipinski definition) is 5. The monoisotopic (exact) mass is 264 g/mol. The first kappa shape index (κ1) is 12.9. The molecule has 0 spiro atoms. The molecule has 0 bridgehead atoms. The summed E-state index contributed by atoms with van der Waals surface area (Å²) < 4.78 is 5.63. The van der Waals surface area contributed by atoms with Gasteiger partial charge in [-0.1, -0.05) is 13.3 Å². The third-order valence-electron chi connectivity index (χ3n) is 4.46. The smallest absolute Gasteiger partial charge is 0.266 e. The summed E-state index contributed by atoms with van der Waals surface area (Å²) in [6.45, 7) is 6.45. The molecule has 2 aliphatic heterocycles. The number of hydrogen-bond donors (Lipinski definition) is 1. The summed E-state index contributed by atoms with van der Waals surface area (Å²) in [7, 11) is 0. The molecule has 0 amide bonds. The Kier molecular flexibility index (Phi) is 3.73. The molecule has 3 rings (SSSR count). The van der Waals surface area contributed by atoms with Crippen molar-refractivity contribution in [3.8, 4) is 0 Å².